The van der Waals surface area contributed by atoms with Gasteiger partial charge in [0.05, 0.1) is 0 Å². The van der Waals surface area contributed by atoms with Crippen molar-refractivity contribution in [3.63, 3.8) is 0 Å². The highest BCUT2D eigenvalue weighted by Crippen LogP contribution is 2.17. The Morgan fingerprint density at radius 2 is 2.31 bits per heavy atom. The number of benzene rings is 1. The van der Waals surface area contributed by atoms with Gasteiger partial charge in [-0.1, -0.05) is 22.0 Å². The third kappa shape index (κ3) is 3.49. The van der Waals surface area contributed by atoms with E-state index in [1.54, 1.807) is 6.08 Å². The van der Waals surface area contributed by atoms with Crippen LogP contribution < -0.4 is 5.32 Å². The molecule has 1 amide bonds. The lowest BCUT2D eigenvalue weighted by Crippen LogP contribution is -2.32. The highest BCUT2D eigenvalue weighted by Gasteiger charge is 2.09. The first-order valence-electron chi connectivity index (χ1n) is 5.22. The van der Waals surface area contributed by atoms with Crippen LogP contribution in [0, 0.1) is 6.92 Å². The highest BCUT2D eigenvalue weighted by molar-refractivity contribution is 9.10. The fourth-order valence-corrected chi connectivity index (χ4v) is 1.65. The van der Waals surface area contributed by atoms with E-state index in [0.717, 1.165) is 16.5 Å². The minimum Gasteiger partial charge on any atom is -0.349 e. The molecule has 86 valence electrons. The third-order valence-corrected chi connectivity index (χ3v) is 3.21. The number of aryl methyl sites for hydroxylation is 1. The Morgan fingerprint density at radius 1 is 1.62 bits per heavy atom. The summed E-state index contributed by atoms with van der Waals surface area (Å²) in [7, 11) is 0. The highest BCUT2D eigenvalue weighted by atomic mass is 79.9. The fraction of sp³-hybridized carbons (Fsp3) is 0.308. The Kier molecular flexibility index (Phi) is 4.74. The summed E-state index contributed by atoms with van der Waals surface area (Å²) in [4.78, 5) is 11.8. The van der Waals surface area contributed by atoms with E-state index in [1.165, 1.54) is 0 Å². The number of carbonyl (C=O) groups is 1. The van der Waals surface area contributed by atoms with E-state index in [9.17, 15) is 4.79 Å². The van der Waals surface area contributed by atoms with Gasteiger partial charge in [-0.2, -0.15) is 0 Å². The zero-order valence-corrected chi connectivity index (χ0v) is 11.2. The van der Waals surface area contributed by atoms with Crippen LogP contribution in [0.5, 0.6) is 0 Å². The molecule has 0 saturated carbocycles. The standard InChI is InChI=1S/C13H16BrNO/c1-4-5-10(3)15-13(16)11-6-7-12(14)9(2)8-11/h4,6-8,10H,1,5H2,2-3H3,(H,15,16). The largest absolute Gasteiger partial charge is 0.349 e. The first-order valence-corrected chi connectivity index (χ1v) is 6.01. The van der Waals surface area contributed by atoms with Crippen molar-refractivity contribution >= 4 is 21.8 Å². The van der Waals surface area contributed by atoms with Crippen LogP contribution in [0.2, 0.25) is 0 Å². The van der Waals surface area contributed by atoms with E-state index < -0.39 is 0 Å². The molecule has 3 heteroatoms. The maximum Gasteiger partial charge on any atom is 0.251 e. The lowest BCUT2D eigenvalue weighted by Gasteiger charge is -2.12. The second kappa shape index (κ2) is 5.85. The van der Waals surface area contributed by atoms with Crippen molar-refractivity contribution in [2.75, 3.05) is 0 Å². The maximum atomic E-state index is 11.8. The van der Waals surface area contributed by atoms with Crippen LogP contribution >= 0.6 is 15.9 Å². The molecule has 0 aliphatic heterocycles. The summed E-state index contributed by atoms with van der Waals surface area (Å²) in [6.45, 7) is 7.58. The number of halogens is 1. The number of carbonyl (C=O) groups excluding carboxylic acids is 1. The molecule has 1 N–H and O–H groups in total. The molecule has 0 aliphatic carbocycles. The smallest absolute Gasteiger partial charge is 0.251 e. The van der Waals surface area contributed by atoms with Gasteiger partial charge >= 0.3 is 0 Å². The zero-order chi connectivity index (χ0) is 12.1. The van der Waals surface area contributed by atoms with E-state index in [2.05, 4.69) is 27.8 Å². The molecule has 1 aromatic rings. The number of amides is 1. The van der Waals surface area contributed by atoms with Crippen molar-refractivity contribution in [1.82, 2.24) is 5.32 Å². The van der Waals surface area contributed by atoms with Gasteiger partial charge in [-0.05, 0) is 44.0 Å². The van der Waals surface area contributed by atoms with Crippen molar-refractivity contribution in [1.29, 1.82) is 0 Å². The summed E-state index contributed by atoms with van der Waals surface area (Å²) in [5.74, 6) is -0.0371. The predicted molar refractivity (Wildman–Crippen MR) is 70.6 cm³/mol. The van der Waals surface area contributed by atoms with Gasteiger partial charge < -0.3 is 5.32 Å². The van der Waals surface area contributed by atoms with Gasteiger partial charge in [0.25, 0.3) is 5.91 Å². The monoisotopic (exact) mass is 281 g/mol. The molecular weight excluding hydrogens is 266 g/mol. The van der Waals surface area contributed by atoms with Crippen LogP contribution in [0.25, 0.3) is 0 Å². The van der Waals surface area contributed by atoms with Crippen molar-refractivity contribution in [2.45, 2.75) is 26.3 Å². The summed E-state index contributed by atoms with van der Waals surface area (Å²) < 4.78 is 1.02. The van der Waals surface area contributed by atoms with Crippen LogP contribution in [-0.4, -0.2) is 11.9 Å². The minimum absolute atomic E-state index is 0.0371. The van der Waals surface area contributed by atoms with Gasteiger partial charge in [0.1, 0.15) is 0 Å². The van der Waals surface area contributed by atoms with E-state index in [1.807, 2.05) is 32.0 Å². The molecular formula is C13H16BrNO. The lowest BCUT2D eigenvalue weighted by molar-refractivity contribution is 0.0940. The van der Waals surface area contributed by atoms with Crippen molar-refractivity contribution in [2.24, 2.45) is 0 Å². The molecule has 1 unspecified atom stereocenters. The van der Waals surface area contributed by atoms with Crippen molar-refractivity contribution < 1.29 is 4.79 Å². The number of hydrogen-bond acceptors (Lipinski definition) is 1. The molecule has 1 atom stereocenters. The molecule has 0 aliphatic rings. The first kappa shape index (κ1) is 13.0. The number of rotatable bonds is 4. The summed E-state index contributed by atoms with van der Waals surface area (Å²) in [6, 6.07) is 5.70. The van der Waals surface area contributed by atoms with E-state index >= 15 is 0 Å². The van der Waals surface area contributed by atoms with Crippen molar-refractivity contribution in [3.8, 4) is 0 Å². The van der Waals surface area contributed by atoms with Gasteiger partial charge in [-0.3, -0.25) is 4.79 Å². The average Bonchev–Trinajstić information content (AvgIpc) is 2.22. The average molecular weight is 282 g/mol. The van der Waals surface area contributed by atoms with Gasteiger partial charge in [-0.25, -0.2) is 0 Å². The van der Waals surface area contributed by atoms with Crippen LogP contribution in [0.15, 0.2) is 35.3 Å². The molecule has 0 bridgehead atoms. The number of hydrogen-bond donors (Lipinski definition) is 1. The summed E-state index contributed by atoms with van der Waals surface area (Å²) in [5.41, 5.74) is 1.75. The van der Waals surface area contributed by atoms with Gasteiger partial charge in [-0.15, -0.1) is 6.58 Å². The summed E-state index contributed by atoms with van der Waals surface area (Å²) in [6.07, 6.45) is 2.58. The van der Waals surface area contributed by atoms with E-state index in [0.29, 0.717) is 5.56 Å². The Bertz CT molecular complexity index is 401. The van der Waals surface area contributed by atoms with Gasteiger partial charge in [0, 0.05) is 16.1 Å². The Balaban J connectivity index is 2.73. The van der Waals surface area contributed by atoms with E-state index in [-0.39, 0.29) is 11.9 Å². The topological polar surface area (TPSA) is 29.1 Å². The van der Waals surface area contributed by atoms with Gasteiger partial charge in [0.2, 0.25) is 0 Å². The molecule has 0 saturated heterocycles. The summed E-state index contributed by atoms with van der Waals surface area (Å²) in [5, 5.41) is 2.92. The van der Waals surface area contributed by atoms with Crippen LogP contribution in [0.3, 0.4) is 0 Å². The SMILES string of the molecule is C=CCC(C)NC(=O)c1ccc(Br)c(C)c1. The maximum absolute atomic E-state index is 11.8. The normalized spacial score (nSPS) is 11.9. The second-order valence-corrected chi connectivity index (χ2v) is 4.72. The molecule has 0 spiro atoms. The van der Waals surface area contributed by atoms with E-state index in [4.69, 9.17) is 0 Å². The zero-order valence-electron chi connectivity index (χ0n) is 9.59. The quantitative estimate of drug-likeness (QED) is 0.842. The summed E-state index contributed by atoms with van der Waals surface area (Å²) >= 11 is 3.41. The molecule has 16 heavy (non-hydrogen) atoms. The van der Waals surface area contributed by atoms with Crippen LogP contribution in [-0.2, 0) is 0 Å². The molecule has 0 aromatic heterocycles. The third-order valence-electron chi connectivity index (χ3n) is 2.32. The van der Waals surface area contributed by atoms with Gasteiger partial charge in [0.15, 0.2) is 0 Å². The molecule has 1 rings (SSSR count). The molecule has 0 heterocycles. The Morgan fingerprint density at radius 3 is 2.88 bits per heavy atom. The number of nitrogens with one attached hydrogen (secondary N) is 1. The second-order valence-electron chi connectivity index (χ2n) is 3.86. The Labute approximate surface area is 105 Å². The molecule has 0 radical (unpaired) electrons. The Hall–Kier alpha value is -1.09. The van der Waals surface area contributed by atoms with Crippen LogP contribution in [0.1, 0.15) is 29.3 Å². The molecule has 2 nitrogen and oxygen atoms in total. The predicted octanol–water partition coefficient (Wildman–Crippen LogP) is 3.45. The lowest BCUT2D eigenvalue weighted by atomic mass is 10.1. The molecule has 1 aromatic carbocycles. The van der Waals surface area contributed by atoms with Crippen LogP contribution in [0.4, 0.5) is 0 Å². The minimum atomic E-state index is -0.0371. The van der Waals surface area contributed by atoms with Crippen molar-refractivity contribution in [3.05, 3.63) is 46.5 Å². The first-order chi connectivity index (χ1) is 7.54. The molecule has 0 fully saturated rings. The fourth-order valence-electron chi connectivity index (χ4n) is 1.40.